The lowest BCUT2D eigenvalue weighted by Gasteiger charge is -2.28. The van der Waals surface area contributed by atoms with Crippen molar-refractivity contribution in [3.05, 3.63) is 70.3 Å². The number of nitrogens with zero attached hydrogens (tertiary/aromatic N) is 1. The summed E-state index contributed by atoms with van der Waals surface area (Å²) in [5.74, 6) is -2.18. The van der Waals surface area contributed by atoms with Crippen molar-refractivity contribution in [3.8, 4) is 0 Å². The predicted octanol–water partition coefficient (Wildman–Crippen LogP) is 4.54. The number of halogens is 3. The first kappa shape index (κ1) is 18.2. The minimum atomic E-state index is -4.99. The van der Waals surface area contributed by atoms with E-state index in [1.807, 2.05) is 55.5 Å². The molecular formula is C20H18F3NO2. The van der Waals surface area contributed by atoms with Gasteiger partial charge >= 0.3 is 12.1 Å². The highest BCUT2D eigenvalue weighted by molar-refractivity contribution is 5.75. The Kier molecular flexibility index (Phi) is 5.13. The number of benzene rings is 2. The van der Waals surface area contributed by atoms with Gasteiger partial charge in [-0.15, -0.1) is 5.06 Å². The Balaban J connectivity index is 1.75. The van der Waals surface area contributed by atoms with E-state index in [2.05, 4.69) is 10.9 Å². The summed E-state index contributed by atoms with van der Waals surface area (Å²) in [6, 6.07) is 13.8. The first-order valence-corrected chi connectivity index (χ1v) is 8.22. The van der Waals surface area contributed by atoms with Crippen LogP contribution in [0.4, 0.5) is 13.2 Å². The first-order chi connectivity index (χ1) is 12.3. The van der Waals surface area contributed by atoms with Crippen molar-refractivity contribution in [1.82, 2.24) is 5.06 Å². The van der Waals surface area contributed by atoms with Gasteiger partial charge in [-0.25, -0.2) is 4.79 Å². The third-order valence-corrected chi connectivity index (χ3v) is 4.21. The molecule has 0 saturated heterocycles. The van der Waals surface area contributed by atoms with E-state index in [-0.39, 0.29) is 13.1 Å². The van der Waals surface area contributed by atoms with Crippen molar-refractivity contribution in [2.24, 2.45) is 0 Å². The van der Waals surface area contributed by atoms with Crippen molar-refractivity contribution in [3.63, 3.8) is 0 Å². The zero-order valence-corrected chi connectivity index (χ0v) is 14.2. The largest absolute Gasteiger partial charge is 0.492 e. The molecule has 136 valence electrons. The molecule has 2 aromatic rings. The van der Waals surface area contributed by atoms with Gasteiger partial charge in [0.25, 0.3) is 0 Å². The van der Waals surface area contributed by atoms with E-state index < -0.39 is 12.1 Å². The normalized spacial score (nSPS) is 15.1. The van der Waals surface area contributed by atoms with Crippen LogP contribution in [-0.2, 0) is 22.6 Å². The second-order valence-electron chi connectivity index (χ2n) is 6.22. The fraction of sp³-hybridized carbons (Fsp3) is 0.250. The molecule has 1 aliphatic rings. The maximum atomic E-state index is 12.3. The highest BCUT2D eigenvalue weighted by Crippen LogP contribution is 2.26. The van der Waals surface area contributed by atoms with E-state index in [0.717, 1.165) is 27.3 Å². The molecule has 0 aliphatic carbocycles. The molecule has 3 nitrogen and oxygen atoms in total. The Morgan fingerprint density at radius 2 is 1.92 bits per heavy atom. The molecule has 0 saturated carbocycles. The van der Waals surface area contributed by atoms with E-state index in [9.17, 15) is 18.0 Å². The molecule has 0 fully saturated rings. The molecule has 1 aliphatic heterocycles. The summed E-state index contributed by atoms with van der Waals surface area (Å²) in [7, 11) is 0. The summed E-state index contributed by atoms with van der Waals surface area (Å²) in [6.07, 6.45) is -0.461. The van der Waals surface area contributed by atoms with Gasteiger partial charge in [-0.1, -0.05) is 60.2 Å². The van der Waals surface area contributed by atoms with E-state index in [4.69, 9.17) is 0 Å². The van der Waals surface area contributed by atoms with Gasteiger partial charge in [-0.3, -0.25) is 0 Å². The van der Waals surface area contributed by atoms with Crippen LogP contribution < -0.4 is 0 Å². The number of fused-ring (bicyclic) bond motifs is 1. The van der Waals surface area contributed by atoms with Crippen LogP contribution in [-0.4, -0.2) is 23.8 Å². The third kappa shape index (κ3) is 4.32. The molecule has 6 heteroatoms. The monoisotopic (exact) mass is 361 g/mol. The number of rotatable bonds is 3. The van der Waals surface area contributed by atoms with Gasteiger partial charge in [0.05, 0.1) is 6.54 Å². The molecule has 0 N–H and O–H groups in total. The van der Waals surface area contributed by atoms with Crippen LogP contribution in [0, 0.1) is 6.92 Å². The third-order valence-electron chi connectivity index (χ3n) is 4.21. The Hall–Kier alpha value is -2.60. The SMILES string of the molecule is Cc1cccc(C=Cc2cccc3c2CCN(OC(=O)C(F)(F)F)C3)c1. The lowest BCUT2D eigenvalue weighted by molar-refractivity contribution is -0.241. The Morgan fingerprint density at radius 3 is 2.65 bits per heavy atom. The van der Waals surface area contributed by atoms with E-state index >= 15 is 0 Å². The van der Waals surface area contributed by atoms with Crippen LogP contribution in [0.3, 0.4) is 0 Å². The molecule has 1 heterocycles. The average Bonchev–Trinajstić information content (AvgIpc) is 2.59. The van der Waals surface area contributed by atoms with Crippen LogP contribution in [0.25, 0.3) is 12.2 Å². The quantitative estimate of drug-likeness (QED) is 0.752. The first-order valence-electron chi connectivity index (χ1n) is 8.22. The van der Waals surface area contributed by atoms with Gasteiger partial charge in [0, 0.05) is 6.54 Å². The zero-order valence-electron chi connectivity index (χ0n) is 14.2. The Bertz CT molecular complexity index is 843. The molecule has 0 bridgehead atoms. The van der Waals surface area contributed by atoms with Crippen LogP contribution in [0.1, 0.15) is 27.8 Å². The number of hydrogen-bond donors (Lipinski definition) is 0. The highest BCUT2D eigenvalue weighted by atomic mass is 19.4. The van der Waals surface area contributed by atoms with E-state index in [0.29, 0.717) is 6.42 Å². The van der Waals surface area contributed by atoms with Crippen molar-refractivity contribution < 1.29 is 22.8 Å². The number of alkyl halides is 3. The number of hydrogen-bond acceptors (Lipinski definition) is 3. The van der Waals surface area contributed by atoms with Gasteiger partial charge in [0.2, 0.25) is 0 Å². The predicted molar refractivity (Wildman–Crippen MR) is 92.8 cm³/mol. The number of carbonyl (C=O) groups is 1. The molecule has 0 radical (unpaired) electrons. The molecule has 0 spiro atoms. The maximum Gasteiger partial charge on any atom is 0.492 e. The molecule has 2 aromatic carbocycles. The van der Waals surface area contributed by atoms with Crippen molar-refractivity contribution in [2.75, 3.05) is 6.54 Å². The van der Waals surface area contributed by atoms with E-state index in [1.165, 1.54) is 5.56 Å². The molecule has 0 unspecified atom stereocenters. The standard InChI is InChI=1S/C20H18F3NO2/c1-14-4-2-5-15(12-14)8-9-16-6-3-7-17-13-24(11-10-18(16)17)26-19(25)20(21,22)23/h2-9,12H,10-11,13H2,1H3. The van der Waals surface area contributed by atoms with Crippen LogP contribution in [0.5, 0.6) is 0 Å². The number of carbonyl (C=O) groups excluding carboxylic acids is 1. The molecule has 26 heavy (non-hydrogen) atoms. The topological polar surface area (TPSA) is 29.5 Å². The number of aryl methyl sites for hydroxylation is 1. The summed E-state index contributed by atoms with van der Waals surface area (Å²) in [5.41, 5.74) is 5.20. The smallest absolute Gasteiger partial charge is 0.360 e. The minimum Gasteiger partial charge on any atom is -0.360 e. The van der Waals surface area contributed by atoms with Gasteiger partial charge in [-0.05, 0) is 35.6 Å². The molecule has 0 amide bonds. The zero-order chi connectivity index (χ0) is 18.7. The van der Waals surface area contributed by atoms with Crippen LogP contribution in [0.2, 0.25) is 0 Å². The summed E-state index contributed by atoms with van der Waals surface area (Å²) in [4.78, 5) is 15.4. The molecular weight excluding hydrogens is 343 g/mol. The fourth-order valence-corrected chi connectivity index (χ4v) is 2.98. The second kappa shape index (κ2) is 7.33. The average molecular weight is 361 g/mol. The Morgan fingerprint density at radius 1 is 1.15 bits per heavy atom. The molecule has 3 rings (SSSR count). The summed E-state index contributed by atoms with van der Waals surface area (Å²) < 4.78 is 37.0. The van der Waals surface area contributed by atoms with E-state index in [1.54, 1.807) is 0 Å². The van der Waals surface area contributed by atoms with Gasteiger partial charge in [-0.2, -0.15) is 13.2 Å². The van der Waals surface area contributed by atoms with Gasteiger partial charge in [0.15, 0.2) is 0 Å². The molecule has 0 atom stereocenters. The molecule has 0 aromatic heterocycles. The second-order valence-corrected chi connectivity index (χ2v) is 6.22. The van der Waals surface area contributed by atoms with Crippen molar-refractivity contribution >= 4 is 18.1 Å². The number of hydroxylamine groups is 2. The van der Waals surface area contributed by atoms with Crippen LogP contribution in [0.15, 0.2) is 42.5 Å². The highest BCUT2D eigenvalue weighted by Gasteiger charge is 2.42. The lowest BCUT2D eigenvalue weighted by atomic mass is 9.94. The van der Waals surface area contributed by atoms with Crippen LogP contribution >= 0.6 is 0 Å². The maximum absolute atomic E-state index is 12.3. The summed E-state index contributed by atoms with van der Waals surface area (Å²) >= 11 is 0. The summed E-state index contributed by atoms with van der Waals surface area (Å²) in [5, 5.41) is 1.06. The Labute approximate surface area is 149 Å². The van der Waals surface area contributed by atoms with Crippen molar-refractivity contribution in [2.45, 2.75) is 26.1 Å². The summed E-state index contributed by atoms with van der Waals surface area (Å²) in [6.45, 7) is 2.39. The lowest BCUT2D eigenvalue weighted by Crippen LogP contribution is -2.38. The minimum absolute atomic E-state index is 0.142. The fourth-order valence-electron chi connectivity index (χ4n) is 2.98. The van der Waals surface area contributed by atoms with Crippen molar-refractivity contribution in [1.29, 1.82) is 0 Å². The van der Waals surface area contributed by atoms with Gasteiger partial charge < -0.3 is 4.84 Å². The van der Waals surface area contributed by atoms with Gasteiger partial charge in [0.1, 0.15) is 0 Å².